The summed E-state index contributed by atoms with van der Waals surface area (Å²) in [6, 6.07) is 18.3. The van der Waals surface area contributed by atoms with Crippen molar-refractivity contribution in [2.45, 2.75) is 11.8 Å². The van der Waals surface area contributed by atoms with Gasteiger partial charge in [0.15, 0.2) is 5.13 Å². The summed E-state index contributed by atoms with van der Waals surface area (Å²) in [5.74, 6) is 0.695. The van der Waals surface area contributed by atoms with Crippen molar-refractivity contribution >= 4 is 54.1 Å². The summed E-state index contributed by atoms with van der Waals surface area (Å²) in [6.07, 6.45) is 0. The molecule has 0 atom stereocenters. The minimum absolute atomic E-state index is 0.167. The third-order valence-corrected chi connectivity index (χ3v) is 6.96. The van der Waals surface area contributed by atoms with Gasteiger partial charge in [0, 0.05) is 11.4 Å². The summed E-state index contributed by atoms with van der Waals surface area (Å²) in [4.78, 5) is 16.8. The van der Waals surface area contributed by atoms with Gasteiger partial charge in [-0.15, -0.1) is 0 Å². The largest absolute Gasteiger partial charge is 0.497 e. The van der Waals surface area contributed by atoms with E-state index in [0.29, 0.717) is 22.6 Å². The molecular formula is C22H20N4O4S2. The molecule has 32 heavy (non-hydrogen) atoms. The molecule has 0 aliphatic heterocycles. The summed E-state index contributed by atoms with van der Waals surface area (Å²) < 4.78 is 33.5. The zero-order valence-corrected chi connectivity index (χ0v) is 18.9. The van der Waals surface area contributed by atoms with Gasteiger partial charge in [-0.2, -0.15) is 0 Å². The van der Waals surface area contributed by atoms with Gasteiger partial charge in [-0.05, 0) is 61.5 Å². The van der Waals surface area contributed by atoms with Crippen LogP contribution in [-0.4, -0.2) is 26.5 Å². The molecule has 0 saturated heterocycles. The number of hydrogen-bond donors (Lipinski definition) is 3. The second kappa shape index (κ2) is 8.85. The number of aromatic nitrogens is 1. The fraction of sp³-hybridized carbons (Fsp3) is 0.0909. The van der Waals surface area contributed by atoms with Crippen LogP contribution in [0.2, 0.25) is 0 Å². The van der Waals surface area contributed by atoms with Crippen LogP contribution in [0, 0.1) is 6.92 Å². The Morgan fingerprint density at radius 3 is 2.28 bits per heavy atom. The number of amides is 2. The van der Waals surface area contributed by atoms with Gasteiger partial charge in [0.05, 0.1) is 22.2 Å². The minimum atomic E-state index is -3.74. The van der Waals surface area contributed by atoms with E-state index in [1.54, 1.807) is 73.8 Å². The topological polar surface area (TPSA) is 109 Å². The molecule has 1 heterocycles. The van der Waals surface area contributed by atoms with Crippen LogP contribution in [0.5, 0.6) is 5.75 Å². The predicted molar refractivity (Wildman–Crippen MR) is 127 cm³/mol. The molecule has 4 aromatic rings. The number of ether oxygens (including phenoxy) is 1. The van der Waals surface area contributed by atoms with Crippen molar-refractivity contribution in [2.24, 2.45) is 0 Å². The van der Waals surface area contributed by atoms with E-state index in [1.807, 2.05) is 6.92 Å². The fourth-order valence-electron chi connectivity index (χ4n) is 2.91. The van der Waals surface area contributed by atoms with Gasteiger partial charge in [0.2, 0.25) is 0 Å². The number of thiazole rings is 1. The third kappa shape index (κ3) is 4.98. The quantitative estimate of drug-likeness (QED) is 0.366. The number of anilines is 3. The van der Waals surface area contributed by atoms with Gasteiger partial charge in [-0.25, -0.2) is 18.2 Å². The molecule has 2 amide bonds. The van der Waals surface area contributed by atoms with Crippen molar-refractivity contribution in [3.63, 3.8) is 0 Å². The maximum absolute atomic E-state index is 12.6. The highest BCUT2D eigenvalue weighted by molar-refractivity contribution is 7.93. The standard InChI is InChI=1S/C22H20N4O4S2/c1-14-3-10-18(11-4-14)32(28,29)26-22-25-19-12-7-16(13-20(19)31-22)24-21(27)23-15-5-8-17(30-2)9-6-15/h3-13H,1-2H3,(H,25,26)(H2,23,24,27). The smallest absolute Gasteiger partial charge is 0.323 e. The summed E-state index contributed by atoms with van der Waals surface area (Å²) in [5, 5.41) is 5.75. The Labute approximate surface area is 189 Å². The van der Waals surface area contributed by atoms with Crippen LogP contribution in [0.1, 0.15) is 5.56 Å². The summed E-state index contributed by atoms with van der Waals surface area (Å²) in [5.41, 5.74) is 2.77. The second-order valence-corrected chi connectivity index (χ2v) is 9.64. The maximum Gasteiger partial charge on any atom is 0.323 e. The van der Waals surface area contributed by atoms with Crippen LogP contribution in [0.15, 0.2) is 71.6 Å². The molecule has 4 rings (SSSR count). The second-order valence-electron chi connectivity index (χ2n) is 6.93. The van der Waals surface area contributed by atoms with Gasteiger partial charge < -0.3 is 15.4 Å². The maximum atomic E-state index is 12.6. The first kappa shape index (κ1) is 21.6. The SMILES string of the molecule is COc1ccc(NC(=O)Nc2ccc3nc(NS(=O)(=O)c4ccc(C)cc4)sc3c2)cc1. The van der Waals surface area contributed by atoms with Crippen LogP contribution in [-0.2, 0) is 10.0 Å². The molecule has 0 spiro atoms. The number of nitrogens with one attached hydrogen (secondary N) is 3. The van der Waals surface area contributed by atoms with E-state index in [2.05, 4.69) is 20.3 Å². The zero-order chi connectivity index (χ0) is 22.7. The number of sulfonamides is 1. The van der Waals surface area contributed by atoms with E-state index in [4.69, 9.17) is 4.74 Å². The van der Waals surface area contributed by atoms with E-state index < -0.39 is 16.1 Å². The Hall–Kier alpha value is -3.63. The van der Waals surface area contributed by atoms with Gasteiger partial charge >= 0.3 is 6.03 Å². The van der Waals surface area contributed by atoms with Crippen LogP contribution in [0.4, 0.5) is 21.3 Å². The van der Waals surface area contributed by atoms with Gasteiger partial charge in [0.25, 0.3) is 10.0 Å². The number of benzene rings is 3. The molecule has 0 aliphatic carbocycles. The lowest BCUT2D eigenvalue weighted by Crippen LogP contribution is -2.19. The third-order valence-electron chi connectivity index (χ3n) is 4.55. The molecule has 0 aliphatic rings. The molecular weight excluding hydrogens is 448 g/mol. The van der Waals surface area contributed by atoms with E-state index >= 15 is 0 Å². The monoisotopic (exact) mass is 468 g/mol. The molecule has 1 aromatic heterocycles. The van der Waals surface area contributed by atoms with Crippen molar-refractivity contribution in [1.82, 2.24) is 4.98 Å². The molecule has 8 nitrogen and oxygen atoms in total. The Bertz CT molecular complexity index is 1370. The van der Waals surface area contributed by atoms with Crippen LogP contribution < -0.4 is 20.1 Å². The van der Waals surface area contributed by atoms with Crippen molar-refractivity contribution in [3.05, 3.63) is 72.3 Å². The number of urea groups is 1. The van der Waals surface area contributed by atoms with E-state index in [-0.39, 0.29) is 10.0 Å². The summed E-state index contributed by atoms with van der Waals surface area (Å²) >= 11 is 1.18. The highest BCUT2D eigenvalue weighted by Crippen LogP contribution is 2.30. The Kier molecular flexibility index (Phi) is 5.97. The Balaban J connectivity index is 1.46. The minimum Gasteiger partial charge on any atom is -0.497 e. The zero-order valence-electron chi connectivity index (χ0n) is 17.2. The highest BCUT2D eigenvalue weighted by atomic mass is 32.2. The average Bonchev–Trinajstić information content (AvgIpc) is 3.15. The number of carbonyl (C=O) groups is 1. The lowest BCUT2D eigenvalue weighted by atomic mass is 10.2. The summed E-state index contributed by atoms with van der Waals surface area (Å²) in [6.45, 7) is 1.89. The number of nitrogens with zero attached hydrogens (tertiary/aromatic N) is 1. The molecule has 0 saturated carbocycles. The number of fused-ring (bicyclic) bond motifs is 1. The average molecular weight is 469 g/mol. The molecule has 0 bridgehead atoms. The number of carbonyl (C=O) groups excluding carboxylic acids is 1. The molecule has 3 aromatic carbocycles. The number of aryl methyl sites for hydroxylation is 1. The van der Waals surface area contributed by atoms with E-state index in [9.17, 15) is 13.2 Å². The predicted octanol–water partition coefficient (Wildman–Crippen LogP) is 5.06. The normalized spacial score (nSPS) is 11.2. The first-order valence-corrected chi connectivity index (χ1v) is 11.8. The first-order chi connectivity index (χ1) is 15.3. The Morgan fingerprint density at radius 1 is 0.938 bits per heavy atom. The molecule has 0 unspecified atom stereocenters. The number of rotatable bonds is 6. The van der Waals surface area contributed by atoms with Gasteiger partial charge in [-0.1, -0.05) is 29.0 Å². The van der Waals surface area contributed by atoms with Gasteiger partial charge in [0.1, 0.15) is 5.75 Å². The van der Waals surface area contributed by atoms with Crippen molar-refractivity contribution < 1.29 is 17.9 Å². The van der Waals surface area contributed by atoms with E-state index in [0.717, 1.165) is 10.3 Å². The lowest BCUT2D eigenvalue weighted by molar-refractivity contribution is 0.262. The molecule has 0 fully saturated rings. The molecule has 164 valence electrons. The van der Waals surface area contributed by atoms with Crippen molar-refractivity contribution in [3.8, 4) is 5.75 Å². The van der Waals surface area contributed by atoms with Crippen LogP contribution in [0.25, 0.3) is 10.2 Å². The Morgan fingerprint density at radius 2 is 1.59 bits per heavy atom. The molecule has 0 radical (unpaired) electrons. The molecule has 3 N–H and O–H groups in total. The van der Waals surface area contributed by atoms with Gasteiger partial charge in [-0.3, -0.25) is 4.72 Å². The first-order valence-electron chi connectivity index (χ1n) is 9.54. The molecule has 10 heteroatoms. The van der Waals surface area contributed by atoms with E-state index in [1.165, 1.54) is 11.3 Å². The van der Waals surface area contributed by atoms with Crippen molar-refractivity contribution in [2.75, 3.05) is 22.5 Å². The number of hydrogen-bond acceptors (Lipinski definition) is 6. The van der Waals surface area contributed by atoms with Crippen molar-refractivity contribution in [1.29, 1.82) is 0 Å². The summed E-state index contributed by atoms with van der Waals surface area (Å²) in [7, 11) is -2.16. The fourth-order valence-corrected chi connectivity index (χ4v) is 5.05. The van der Waals surface area contributed by atoms with Crippen LogP contribution >= 0.6 is 11.3 Å². The lowest BCUT2D eigenvalue weighted by Gasteiger charge is -2.08. The number of methoxy groups -OCH3 is 1. The van der Waals surface area contributed by atoms with Crippen LogP contribution in [0.3, 0.4) is 0 Å². The highest BCUT2D eigenvalue weighted by Gasteiger charge is 2.16.